The number of benzene rings is 2. The predicted octanol–water partition coefficient (Wildman–Crippen LogP) is 3.69. The van der Waals surface area contributed by atoms with Gasteiger partial charge in [-0.15, -0.1) is 0 Å². The van der Waals surface area contributed by atoms with Crippen molar-refractivity contribution in [2.24, 2.45) is 0 Å². The van der Waals surface area contributed by atoms with Crippen molar-refractivity contribution >= 4 is 21.7 Å². The zero-order chi connectivity index (χ0) is 12.4. The van der Waals surface area contributed by atoms with E-state index in [-0.39, 0.29) is 11.5 Å². The maximum absolute atomic E-state index is 12.1. The first-order valence-electron chi connectivity index (χ1n) is 5.18. The summed E-state index contributed by atoms with van der Waals surface area (Å²) in [5.74, 6) is -0.164. The molecule has 1 N–H and O–H groups in total. The number of ketones is 1. The smallest absolute Gasteiger partial charge is 0.196 e. The number of aryl methyl sites for hydroxylation is 1. The Kier molecular flexibility index (Phi) is 3.29. The summed E-state index contributed by atoms with van der Waals surface area (Å²) in [6, 6.07) is 12.1. The van der Waals surface area contributed by atoms with E-state index in [0.29, 0.717) is 11.1 Å². The van der Waals surface area contributed by atoms with Crippen LogP contribution in [0.1, 0.15) is 21.5 Å². The van der Waals surface area contributed by atoms with E-state index in [0.717, 1.165) is 10.0 Å². The molecule has 0 aliphatic carbocycles. The predicted molar refractivity (Wildman–Crippen MR) is 70.4 cm³/mol. The van der Waals surface area contributed by atoms with Crippen molar-refractivity contribution in [1.29, 1.82) is 0 Å². The lowest BCUT2D eigenvalue weighted by Crippen LogP contribution is -2.01. The van der Waals surface area contributed by atoms with Crippen LogP contribution in [-0.2, 0) is 0 Å². The van der Waals surface area contributed by atoms with E-state index < -0.39 is 0 Å². The van der Waals surface area contributed by atoms with Crippen LogP contribution in [0.25, 0.3) is 0 Å². The molecule has 86 valence electrons. The number of carbonyl (C=O) groups excluding carboxylic acids is 1. The third-order valence-corrected chi connectivity index (χ3v) is 3.41. The van der Waals surface area contributed by atoms with E-state index >= 15 is 0 Å². The second-order valence-electron chi connectivity index (χ2n) is 3.81. The number of rotatable bonds is 2. The lowest BCUT2D eigenvalue weighted by Gasteiger charge is -2.06. The summed E-state index contributed by atoms with van der Waals surface area (Å²) in [5, 5.41) is 9.81. The average molecular weight is 291 g/mol. The van der Waals surface area contributed by atoms with Crippen LogP contribution in [0, 0.1) is 6.92 Å². The molecule has 2 aromatic carbocycles. The number of carbonyl (C=O) groups is 1. The highest BCUT2D eigenvalue weighted by Crippen LogP contribution is 2.27. The minimum Gasteiger partial charge on any atom is -0.507 e. The standard InChI is InChI=1S/C14H11BrO2/c1-9-7-13(16)11(8-12(9)15)14(17)10-5-3-2-4-6-10/h2-8,16H,1H3. The lowest BCUT2D eigenvalue weighted by molar-refractivity contribution is 0.103. The number of halogens is 1. The first kappa shape index (κ1) is 11.9. The third kappa shape index (κ3) is 2.39. The minimum atomic E-state index is -0.177. The van der Waals surface area contributed by atoms with Crippen molar-refractivity contribution in [2.45, 2.75) is 6.92 Å². The average Bonchev–Trinajstić information content (AvgIpc) is 2.34. The molecule has 0 radical (unpaired) electrons. The largest absolute Gasteiger partial charge is 0.507 e. The zero-order valence-corrected chi connectivity index (χ0v) is 10.9. The molecule has 0 atom stereocenters. The highest BCUT2D eigenvalue weighted by molar-refractivity contribution is 9.10. The van der Waals surface area contributed by atoms with Crippen molar-refractivity contribution in [1.82, 2.24) is 0 Å². The number of aromatic hydroxyl groups is 1. The van der Waals surface area contributed by atoms with E-state index in [1.165, 1.54) is 0 Å². The Morgan fingerprint density at radius 3 is 2.47 bits per heavy atom. The van der Waals surface area contributed by atoms with Gasteiger partial charge in [-0.05, 0) is 24.6 Å². The van der Waals surface area contributed by atoms with E-state index in [1.54, 1.807) is 36.4 Å². The molecule has 0 saturated carbocycles. The molecular formula is C14H11BrO2. The molecule has 2 rings (SSSR count). The Morgan fingerprint density at radius 2 is 1.82 bits per heavy atom. The van der Waals surface area contributed by atoms with Crippen LogP contribution in [0.5, 0.6) is 5.75 Å². The number of phenols is 1. The van der Waals surface area contributed by atoms with E-state index in [9.17, 15) is 9.90 Å². The molecule has 3 heteroatoms. The summed E-state index contributed by atoms with van der Waals surface area (Å²) < 4.78 is 0.814. The molecule has 2 nitrogen and oxygen atoms in total. The maximum atomic E-state index is 12.1. The molecule has 0 bridgehead atoms. The molecule has 0 aliphatic rings. The molecule has 0 fully saturated rings. The summed E-state index contributed by atoms with van der Waals surface area (Å²) in [6.45, 7) is 1.86. The van der Waals surface area contributed by atoms with Gasteiger partial charge in [0.2, 0.25) is 0 Å². The molecule has 0 saturated heterocycles. The van der Waals surface area contributed by atoms with Gasteiger partial charge in [0.25, 0.3) is 0 Å². The highest BCUT2D eigenvalue weighted by Gasteiger charge is 2.14. The van der Waals surface area contributed by atoms with Gasteiger partial charge in [-0.1, -0.05) is 46.3 Å². The van der Waals surface area contributed by atoms with E-state index in [4.69, 9.17) is 0 Å². The summed E-state index contributed by atoms with van der Waals surface area (Å²) >= 11 is 3.36. The highest BCUT2D eigenvalue weighted by atomic mass is 79.9. The van der Waals surface area contributed by atoms with Crippen LogP contribution in [0.3, 0.4) is 0 Å². The Labute approximate surface area is 108 Å². The quantitative estimate of drug-likeness (QED) is 0.857. The number of phenolic OH excluding ortho intramolecular Hbond substituents is 1. The van der Waals surface area contributed by atoms with Crippen LogP contribution >= 0.6 is 15.9 Å². The third-order valence-electron chi connectivity index (χ3n) is 2.56. The molecular weight excluding hydrogens is 280 g/mol. The topological polar surface area (TPSA) is 37.3 Å². The molecule has 0 aliphatic heterocycles. The molecule has 0 aromatic heterocycles. The van der Waals surface area contributed by atoms with Crippen LogP contribution in [0.15, 0.2) is 46.9 Å². The first-order valence-corrected chi connectivity index (χ1v) is 5.98. The van der Waals surface area contributed by atoms with E-state index in [2.05, 4.69) is 15.9 Å². The van der Waals surface area contributed by atoms with Crippen LogP contribution < -0.4 is 0 Å². The first-order chi connectivity index (χ1) is 8.09. The Bertz CT molecular complexity index is 562. The van der Waals surface area contributed by atoms with Crippen molar-refractivity contribution in [3.63, 3.8) is 0 Å². The molecule has 0 amide bonds. The molecule has 0 spiro atoms. The van der Waals surface area contributed by atoms with Gasteiger partial charge in [-0.3, -0.25) is 4.79 Å². The number of hydrogen-bond donors (Lipinski definition) is 1. The molecule has 17 heavy (non-hydrogen) atoms. The molecule has 2 aromatic rings. The second kappa shape index (κ2) is 4.72. The van der Waals surface area contributed by atoms with Crippen molar-refractivity contribution < 1.29 is 9.90 Å². The van der Waals surface area contributed by atoms with Gasteiger partial charge in [0.15, 0.2) is 5.78 Å². The summed E-state index contributed by atoms with van der Waals surface area (Å²) in [6.07, 6.45) is 0. The fourth-order valence-corrected chi connectivity index (χ4v) is 1.94. The van der Waals surface area contributed by atoms with Crippen LogP contribution in [-0.4, -0.2) is 10.9 Å². The normalized spacial score (nSPS) is 10.2. The summed E-state index contributed by atoms with van der Waals surface area (Å²) in [5.41, 5.74) is 1.78. The number of hydrogen-bond acceptors (Lipinski definition) is 2. The van der Waals surface area contributed by atoms with Crippen molar-refractivity contribution in [3.05, 3.63) is 63.6 Å². The SMILES string of the molecule is Cc1cc(O)c(C(=O)c2ccccc2)cc1Br. The zero-order valence-electron chi connectivity index (χ0n) is 9.27. The summed E-state index contributed by atoms with van der Waals surface area (Å²) in [4.78, 5) is 12.1. The summed E-state index contributed by atoms with van der Waals surface area (Å²) in [7, 11) is 0. The van der Waals surface area contributed by atoms with Gasteiger partial charge in [-0.2, -0.15) is 0 Å². The minimum absolute atomic E-state index is 0.0135. The van der Waals surface area contributed by atoms with Gasteiger partial charge >= 0.3 is 0 Å². The lowest BCUT2D eigenvalue weighted by atomic mass is 10.0. The van der Waals surface area contributed by atoms with Gasteiger partial charge in [0.1, 0.15) is 5.75 Å². The van der Waals surface area contributed by atoms with Gasteiger partial charge in [0, 0.05) is 10.0 Å². The van der Waals surface area contributed by atoms with Crippen LogP contribution in [0.2, 0.25) is 0 Å². The maximum Gasteiger partial charge on any atom is 0.196 e. The Morgan fingerprint density at radius 1 is 1.18 bits per heavy atom. The van der Waals surface area contributed by atoms with Crippen molar-refractivity contribution in [2.75, 3.05) is 0 Å². The van der Waals surface area contributed by atoms with Gasteiger partial charge < -0.3 is 5.11 Å². The van der Waals surface area contributed by atoms with Crippen molar-refractivity contribution in [3.8, 4) is 5.75 Å². The van der Waals surface area contributed by atoms with Gasteiger partial charge in [0.05, 0.1) is 5.56 Å². The molecule has 0 unspecified atom stereocenters. The van der Waals surface area contributed by atoms with Gasteiger partial charge in [-0.25, -0.2) is 0 Å². The molecule has 0 heterocycles. The van der Waals surface area contributed by atoms with E-state index in [1.807, 2.05) is 13.0 Å². The monoisotopic (exact) mass is 290 g/mol. The Balaban J connectivity index is 2.48. The Hall–Kier alpha value is -1.61. The second-order valence-corrected chi connectivity index (χ2v) is 4.67. The fourth-order valence-electron chi connectivity index (χ4n) is 1.59. The fraction of sp³-hybridized carbons (Fsp3) is 0.0714. The van der Waals surface area contributed by atoms with Crippen LogP contribution in [0.4, 0.5) is 0 Å².